The molecule has 15 heavy (non-hydrogen) atoms. The normalized spacial score (nSPS) is 10.5. The fourth-order valence-corrected chi connectivity index (χ4v) is 1.40. The molecule has 0 aliphatic carbocycles. The van der Waals surface area contributed by atoms with Gasteiger partial charge in [0.25, 0.3) is 5.56 Å². The second kappa shape index (κ2) is 3.86. The van der Waals surface area contributed by atoms with Crippen LogP contribution in [-0.2, 0) is 6.54 Å². The van der Waals surface area contributed by atoms with Crippen molar-refractivity contribution < 1.29 is 4.52 Å². The maximum atomic E-state index is 11.4. The zero-order valence-electron chi connectivity index (χ0n) is 7.98. The molecule has 0 atom stereocenters. The summed E-state index contributed by atoms with van der Waals surface area (Å²) in [5, 5.41) is 3.97. The summed E-state index contributed by atoms with van der Waals surface area (Å²) in [7, 11) is 0. The zero-order chi connectivity index (χ0) is 10.8. The van der Waals surface area contributed by atoms with Crippen molar-refractivity contribution in [1.29, 1.82) is 0 Å². The Morgan fingerprint density at radius 3 is 2.93 bits per heavy atom. The first kappa shape index (κ1) is 9.92. The predicted octanol–water partition coefficient (Wildman–Crippen LogP) is 1.24. The SMILES string of the molecule is Cc1noc(Cn2c(Cl)cccc2=O)n1. The van der Waals surface area contributed by atoms with E-state index in [0.29, 0.717) is 16.9 Å². The average Bonchev–Trinajstić information content (AvgIpc) is 2.58. The molecule has 0 spiro atoms. The Labute approximate surface area is 90.3 Å². The molecule has 0 unspecified atom stereocenters. The first-order valence-corrected chi connectivity index (χ1v) is 4.69. The Hall–Kier alpha value is -1.62. The predicted molar refractivity (Wildman–Crippen MR) is 53.8 cm³/mol. The van der Waals surface area contributed by atoms with Crippen molar-refractivity contribution in [2.75, 3.05) is 0 Å². The Morgan fingerprint density at radius 1 is 1.53 bits per heavy atom. The molecule has 0 amide bonds. The molecule has 5 nitrogen and oxygen atoms in total. The summed E-state index contributed by atoms with van der Waals surface area (Å²) >= 11 is 5.86. The topological polar surface area (TPSA) is 60.9 Å². The highest BCUT2D eigenvalue weighted by molar-refractivity contribution is 6.29. The van der Waals surface area contributed by atoms with Crippen LogP contribution in [0.2, 0.25) is 5.15 Å². The molecule has 2 aromatic heterocycles. The lowest BCUT2D eigenvalue weighted by Gasteiger charge is -2.03. The Morgan fingerprint density at radius 2 is 2.33 bits per heavy atom. The molecule has 6 heteroatoms. The second-order valence-corrected chi connectivity index (χ2v) is 3.40. The fraction of sp³-hybridized carbons (Fsp3) is 0.222. The summed E-state index contributed by atoms with van der Waals surface area (Å²) in [6.07, 6.45) is 0. The Kier molecular flexibility index (Phi) is 2.55. The Bertz CT molecular complexity index is 532. The number of hydrogen-bond acceptors (Lipinski definition) is 4. The maximum absolute atomic E-state index is 11.4. The van der Waals surface area contributed by atoms with Crippen molar-refractivity contribution in [2.24, 2.45) is 0 Å². The van der Waals surface area contributed by atoms with Gasteiger partial charge in [0, 0.05) is 6.07 Å². The van der Waals surface area contributed by atoms with Gasteiger partial charge in [-0.05, 0) is 13.0 Å². The van der Waals surface area contributed by atoms with Crippen molar-refractivity contribution in [2.45, 2.75) is 13.5 Å². The molecule has 0 aliphatic heterocycles. The highest BCUT2D eigenvalue weighted by atomic mass is 35.5. The summed E-state index contributed by atoms with van der Waals surface area (Å²) in [5.41, 5.74) is -0.196. The quantitative estimate of drug-likeness (QED) is 0.722. The number of nitrogens with zero attached hydrogens (tertiary/aromatic N) is 3. The van der Waals surface area contributed by atoms with Crippen molar-refractivity contribution in [1.82, 2.24) is 14.7 Å². The van der Waals surface area contributed by atoms with E-state index in [2.05, 4.69) is 10.1 Å². The van der Waals surface area contributed by atoms with Crippen LogP contribution in [0.15, 0.2) is 27.5 Å². The van der Waals surface area contributed by atoms with Crippen LogP contribution >= 0.6 is 11.6 Å². The van der Waals surface area contributed by atoms with E-state index in [4.69, 9.17) is 16.1 Å². The summed E-state index contributed by atoms with van der Waals surface area (Å²) in [5.74, 6) is 0.896. The Balaban J connectivity index is 2.36. The number of aromatic nitrogens is 3. The lowest BCUT2D eigenvalue weighted by Crippen LogP contribution is -2.19. The van der Waals surface area contributed by atoms with E-state index in [1.165, 1.54) is 10.6 Å². The molecule has 0 saturated carbocycles. The number of halogens is 1. The molecule has 2 rings (SSSR count). The molecule has 0 N–H and O–H groups in total. The highest BCUT2D eigenvalue weighted by Gasteiger charge is 2.07. The van der Waals surface area contributed by atoms with E-state index in [1.807, 2.05) is 0 Å². The minimum Gasteiger partial charge on any atom is -0.337 e. The van der Waals surface area contributed by atoms with Crippen molar-refractivity contribution in [3.8, 4) is 0 Å². The summed E-state index contributed by atoms with van der Waals surface area (Å²) in [6, 6.07) is 4.65. The van der Waals surface area contributed by atoms with E-state index < -0.39 is 0 Å². The lowest BCUT2D eigenvalue weighted by atomic mass is 10.4. The largest absolute Gasteiger partial charge is 0.337 e. The maximum Gasteiger partial charge on any atom is 0.252 e. The molecule has 0 fully saturated rings. The van der Waals surface area contributed by atoms with Crippen LogP contribution in [0.4, 0.5) is 0 Å². The third-order valence-corrected chi connectivity index (χ3v) is 2.19. The molecular formula is C9H8ClN3O2. The standard InChI is InChI=1S/C9H8ClN3O2/c1-6-11-8(15-12-6)5-13-7(10)3-2-4-9(13)14/h2-4H,5H2,1H3. The van der Waals surface area contributed by atoms with Crippen LogP contribution in [0.3, 0.4) is 0 Å². The fourth-order valence-electron chi connectivity index (χ4n) is 1.19. The van der Waals surface area contributed by atoms with Crippen molar-refractivity contribution >= 4 is 11.6 Å². The van der Waals surface area contributed by atoms with Crippen LogP contribution in [0.1, 0.15) is 11.7 Å². The van der Waals surface area contributed by atoms with E-state index in [1.54, 1.807) is 19.1 Å². The monoisotopic (exact) mass is 225 g/mol. The molecule has 0 bridgehead atoms. The average molecular weight is 226 g/mol. The van der Waals surface area contributed by atoms with Crippen LogP contribution in [-0.4, -0.2) is 14.7 Å². The molecule has 2 aromatic rings. The van der Waals surface area contributed by atoms with E-state index in [-0.39, 0.29) is 12.1 Å². The molecule has 2 heterocycles. The molecule has 0 saturated heterocycles. The minimum absolute atomic E-state index is 0.194. The van der Waals surface area contributed by atoms with Gasteiger partial charge in [-0.2, -0.15) is 4.98 Å². The highest BCUT2D eigenvalue weighted by Crippen LogP contribution is 2.07. The van der Waals surface area contributed by atoms with E-state index >= 15 is 0 Å². The zero-order valence-corrected chi connectivity index (χ0v) is 8.73. The minimum atomic E-state index is -0.196. The van der Waals surface area contributed by atoms with Gasteiger partial charge in [0.2, 0.25) is 5.89 Å². The third-order valence-electron chi connectivity index (χ3n) is 1.86. The van der Waals surface area contributed by atoms with Gasteiger partial charge in [-0.1, -0.05) is 22.8 Å². The van der Waals surface area contributed by atoms with Crippen LogP contribution in [0.5, 0.6) is 0 Å². The number of hydrogen-bond donors (Lipinski definition) is 0. The van der Waals surface area contributed by atoms with E-state index in [0.717, 1.165) is 0 Å². The molecular weight excluding hydrogens is 218 g/mol. The number of pyridine rings is 1. The number of aryl methyl sites for hydroxylation is 1. The van der Waals surface area contributed by atoms with Gasteiger partial charge in [-0.25, -0.2) is 0 Å². The summed E-state index contributed by atoms with van der Waals surface area (Å²) in [6.45, 7) is 1.90. The van der Waals surface area contributed by atoms with Gasteiger partial charge in [0.05, 0.1) is 0 Å². The van der Waals surface area contributed by atoms with Gasteiger partial charge >= 0.3 is 0 Å². The van der Waals surface area contributed by atoms with E-state index in [9.17, 15) is 4.79 Å². The van der Waals surface area contributed by atoms with Gasteiger partial charge in [0.1, 0.15) is 11.7 Å². The van der Waals surface area contributed by atoms with Crippen molar-refractivity contribution in [3.63, 3.8) is 0 Å². The van der Waals surface area contributed by atoms with Crippen LogP contribution in [0.25, 0.3) is 0 Å². The van der Waals surface area contributed by atoms with Gasteiger partial charge in [0.15, 0.2) is 5.82 Å². The third kappa shape index (κ3) is 2.07. The first-order valence-electron chi connectivity index (χ1n) is 4.31. The van der Waals surface area contributed by atoms with Gasteiger partial charge in [-0.15, -0.1) is 0 Å². The molecule has 78 valence electrons. The smallest absolute Gasteiger partial charge is 0.252 e. The van der Waals surface area contributed by atoms with Gasteiger partial charge in [-0.3, -0.25) is 9.36 Å². The first-order chi connectivity index (χ1) is 7.16. The molecule has 0 aliphatic rings. The lowest BCUT2D eigenvalue weighted by molar-refractivity contribution is 0.366. The molecule has 0 radical (unpaired) electrons. The molecule has 0 aromatic carbocycles. The summed E-state index contributed by atoms with van der Waals surface area (Å²) < 4.78 is 6.25. The van der Waals surface area contributed by atoms with Crippen LogP contribution in [0, 0.1) is 6.92 Å². The van der Waals surface area contributed by atoms with Crippen molar-refractivity contribution in [3.05, 3.63) is 45.4 Å². The van der Waals surface area contributed by atoms with Crippen LogP contribution < -0.4 is 5.56 Å². The number of rotatable bonds is 2. The summed E-state index contributed by atoms with van der Waals surface area (Å²) in [4.78, 5) is 15.4. The second-order valence-electron chi connectivity index (χ2n) is 3.01. The van der Waals surface area contributed by atoms with Gasteiger partial charge < -0.3 is 4.52 Å².